The standard InChI is InChI=1S/C22H32N2O2/c1-6-7-8-9-21-17(4)23-24(18(21)5)22(25)19-10-12-20(13-11-19)26-15-14-16(2)3/h10-13,16H,6-9,14-15H2,1-5H3. The molecule has 4 nitrogen and oxygen atoms in total. The van der Waals surface area contributed by atoms with E-state index in [9.17, 15) is 4.79 Å². The fourth-order valence-electron chi connectivity index (χ4n) is 3.01. The minimum absolute atomic E-state index is 0.0823. The summed E-state index contributed by atoms with van der Waals surface area (Å²) in [5, 5.41) is 4.49. The summed E-state index contributed by atoms with van der Waals surface area (Å²) >= 11 is 0. The molecule has 0 bridgehead atoms. The molecular weight excluding hydrogens is 324 g/mol. The molecule has 0 spiro atoms. The van der Waals surface area contributed by atoms with Crippen LogP contribution in [0, 0.1) is 19.8 Å². The smallest absolute Gasteiger partial charge is 0.278 e. The van der Waals surface area contributed by atoms with Gasteiger partial charge in [0, 0.05) is 11.3 Å². The summed E-state index contributed by atoms with van der Waals surface area (Å²) < 4.78 is 7.27. The van der Waals surface area contributed by atoms with Crippen LogP contribution in [0.3, 0.4) is 0 Å². The Bertz CT molecular complexity index is 714. The summed E-state index contributed by atoms with van der Waals surface area (Å²) in [5.74, 6) is 1.34. The number of hydrogen-bond donors (Lipinski definition) is 0. The first-order valence-corrected chi connectivity index (χ1v) is 9.76. The average molecular weight is 357 g/mol. The van der Waals surface area contributed by atoms with Crippen LogP contribution >= 0.6 is 0 Å². The highest BCUT2D eigenvalue weighted by molar-refractivity contribution is 5.96. The highest BCUT2D eigenvalue weighted by Gasteiger charge is 2.17. The molecule has 0 radical (unpaired) electrons. The molecule has 0 unspecified atom stereocenters. The summed E-state index contributed by atoms with van der Waals surface area (Å²) in [6, 6.07) is 7.36. The first kappa shape index (κ1) is 20.2. The molecule has 0 saturated carbocycles. The van der Waals surface area contributed by atoms with E-state index in [1.165, 1.54) is 18.4 Å². The molecule has 142 valence electrons. The highest BCUT2D eigenvalue weighted by Crippen LogP contribution is 2.19. The molecular formula is C22H32N2O2. The van der Waals surface area contributed by atoms with E-state index >= 15 is 0 Å². The monoisotopic (exact) mass is 356 g/mol. The van der Waals surface area contributed by atoms with Crippen molar-refractivity contribution in [2.24, 2.45) is 5.92 Å². The van der Waals surface area contributed by atoms with Crippen LogP contribution in [0.1, 0.15) is 73.8 Å². The van der Waals surface area contributed by atoms with Gasteiger partial charge in [-0.05, 0) is 68.9 Å². The Morgan fingerprint density at radius 3 is 2.46 bits per heavy atom. The van der Waals surface area contributed by atoms with Gasteiger partial charge in [0.05, 0.1) is 12.3 Å². The fourth-order valence-corrected chi connectivity index (χ4v) is 3.01. The molecule has 0 amide bonds. The zero-order valence-electron chi connectivity index (χ0n) is 16.8. The second-order valence-electron chi connectivity index (χ2n) is 7.38. The van der Waals surface area contributed by atoms with E-state index in [2.05, 4.69) is 25.9 Å². The van der Waals surface area contributed by atoms with Crippen LogP contribution in [-0.2, 0) is 6.42 Å². The van der Waals surface area contributed by atoms with Crippen molar-refractivity contribution in [1.82, 2.24) is 9.78 Å². The van der Waals surface area contributed by atoms with Crippen molar-refractivity contribution in [3.05, 3.63) is 46.8 Å². The van der Waals surface area contributed by atoms with Gasteiger partial charge >= 0.3 is 0 Å². The average Bonchev–Trinajstić information content (AvgIpc) is 2.90. The predicted octanol–water partition coefficient (Wildman–Crippen LogP) is 5.35. The third kappa shape index (κ3) is 5.20. The van der Waals surface area contributed by atoms with Gasteiger partial charge in [0.1, 0.15) is 5.75 Å². The van der Waals surface area contributed by atoms with E-state index in [1.807, 2.05) is 38.1 Å². The van der Waals surface area contributed by atoms with E-state index in [0.717, 1.165) is 36.4 Å². The highest BCUT2D eigenvalue weighted by atomic mass is 16.5. The number of ether oxygens (including phenoxy) is 1. The van der Waals surface area contributed by atoms with Gasteiger partial charge in [-0.25, -0.2) is 4.68 Å². The molecule has 0 fully saturated rings. The Morgan fingerprint density at radius 1 is 1.15 bits per heavy atom. The van der Waals surface area contributed by atoms with Crippen LogP contribution in [-0.4, -0.2) is 22.3 Å². The number of carbonyl (C=O) groups excluding carboxylic acids is 1. The Morgan fingerprint density at radius 2 is 1.85 bits per heavy atom. The fraction of sp³-hybridized carbons (Fsp3) is 0.545. The van der Waals surface area contributed by atoms with E-state index in [1.54, 1.807) is 4.68 Å². The molecule has 4 heteroatoms. The Kier molecular flexibility index (Phi) is 7.43. The zero-order valence-corrected chi connectivity index (χ0v) is 16.8. The van der Waals surface area contributed by atoms with E-state index in [-0.39, 0.29) is 5.91 Å². The van der Waals surface area contributed by atoms with Crippen LogP contribution in [0.15, 0.2) is 24.3 Å². The molecule has 1 aromatic heterocycles. The number of nitrogens with zero attached hydrogens (tertiary/aromatic N) is 2. The van der Waals surface area contributed by atoms with Crippen molar-refractivity contribution in [2.45, 2.75) is 66.7 Å². The maximum absolute atomic E-state index is 12.8. The molecule has 0 aliphatic rings. The number of unbranched alkanes of at least 4 members (excludes halogenated alkanes) is 2. The third-order valence-corrected chi connectivity index (χ3v) is 4.73. The summed E-state index contributed by atoms with van der Waals surface area (Å²) in [4.78, 5) is 12.8. The molecule has 26 heavy (non-hydrogen) atoms. The predicted molar refractivity (Wildman–Crippen MR) is 106 cm³/mol. The lowest BCUT2D eigenvalue weighted by Gasteiger charge is -2.09. The largest absolute Gasteiger partial charge is 0.494 e. The lowest BCUT2D eigenvalue weighted by Crippen LogP contribution is -2.15. The molecule has 0 atom stereocenters. The normalized spacial score (nSPS) is 11.2. The van der Waals surface area contributed by atoms with Gasteiger partial charge in [0.25, 0.3) is 5.91 Å². The SMILES string of the molecule is CCCCCc1c(C)nn(C(=O)c2ccc(OCCC(C)C)cc2)c1C. The summed E-state index contributed by atoms with van der Waals surface area (Å²) in [7, 11) is 0. The quantitative estimate of drug-likeness (QED) is 0.569. The van der Waals surface area contributed by atoms with Gasteiger partial charge in [0.15, 0.2) is 0 Å². The maximum atomic E-state index is 12.8. The van der Waals surface area contributed by atoms with Crippen LogP contribution in [0.4, 0.5) is 0 Å². The van der Waals surface area contributed by atoms with Gasteiger partial charge in [-0.3, -0.25) is 4.79 Å². The van der Waals surface area contributed by atoms with Crippen molar-refractivity contribution in [2.75, 3.05) is 6.61 Å². The van der Waals surface area contributed by atoms with Crippen molar-refractivity contribution in [3.8, 4) is 5.75 Å². The molecule has 0 aliphatic heterocycles. The van der Waals surface area contributed by atoms with Crippen molar-refractivity contribution < 1.29 is 9.53 Å². The third-order valence-electron chi connectivity index (χ3n) is 4.73. The number of hydrogen-bond acceptors (Lipinski definition) is 3. The van der Waals surface area contributed by atoms with Gasteiger partial charge in [-0.2, -0.15) is 5.10 Å². The topological polar surface area (TPSA) is 44.1 Å². The van der Waals surface area contributed by atoms with Crippen molar-refractivity contribution in [3.63, 3.8) is 0 Å². The molecule has 1 aromatic carbocycles. The first-order chi connectivity index (χ1) is 12.4. The van der Waals surface area contributed by atoms with Gasteiger partial charge in [-0.15, -0.1) is 0 Å². The van der Waals surface area contributed by atoms with Gasteiger partial charge < -0.3 is 4.74 Å². The van der Waals surface area contributed by atoms with Crippen molar-refractivity contribution in [1.29, 1.82) is 0 Å². The second-order valence-corrected chi connectivity index (χ2v) is 7.38. The van der Waals surface area contributed by atoms with E-state index in [0.29, 0.717) is 18.1 Å². The van der Waals surface area contributed by atoms with E-state index < -0.39 is 0 Å². The number of benzene rings is 1. The number of aryl methyl sites for hydroxylation is 1. The first-order valence-electron chi connectivity index (χ1n) is 9.76. The minimum Gasteiger partial charge on any atom is -0.494 e. The maximum Gasteiger partial charge on any atom is 0.278 e. The Balaban J connectivity index is 2.07. The van der Waals surface area contributed by atoms with Crippen LogP contribution in [0.5, 0.6) is 5.75 Å². The Labute approximate surface area is 157 Å². The van der Waals surface area contributed by atoms with E-state index in [4.69, 9.17) is 4.74 Å². The molecule has 0 aliphatic carbocycles. The molecule has 2 aromatic rings. The lowest BCUT2D eigenvalue weighted by atomic mass is 10.1. The molecule has 1 heterocycles. The molecule has 2 rings (SSSR count). The zero-order chi connectivity index (χ0) is 19.1. The summed E-state index contributed by atoms with van der Waals surface area (Å²) in [5.41, 5.74) is 3.76. The molecule has 0 saturated heterocycles. The lowest BCUT2D eigenvalue weighted by molar-refractivity contribution is 0.0942. The van der Waals surface area contributed by atoms with Crippen LogP contribution in [0.2, 0.25) is 0 Å². The Hall–Kier alpha value is -2.10. The molecule has 0 N–H and O–H groups in total. The number of rotatable bonds is 9. The summed E-state index contributed by atoms with van der Waals surface area (Å²) in [6.45, 7) is 11.2. The van der Waals surface area contributed by atoms with Crippen LogP contribution < -0.4 is 4.74 Å². The van der Waals surface area contributed by atoms with Crippen LogP contribution in [0.25, 0.3) is 0 Å². The van der Waals surface area contributed by atoms with Crippen molar-refractivity contribution >= 4 is 5.91 Å². The second kappa shape index (κ2) is 9.56. The minimum atomic E-state index is -0.0823. The van der Waals surface area contributed by atoms with Gasteiger partial charge in [0.2, 0.25) is 0 Å². The van der Waals surface area contributed by atoms with Gasteiger partial charge in [-0.1, -0.05) is 33.6 Å². The number of aromatic nitrogens is 2. The summed E-state index contributed by atoms with van der Waals surface area (Å²) in [6.07, 6.45) is 5.54. The number of carbonyl (C=O) groups is 1.